The molecule has 1 aromatic carbocycles. The second kappa shape index (κ2) is 5.92. The van der Waals surface area contributed by atoms with Crippen LogP contribution >= 0.6 is 0 Å². The lowest BCUT2D eigenvalue weighted by Gasteiger charge is -2.24. The Bertz CT molecular complexity index is 359. The summed E-state index contributed by atoms with van der Waals surface area (Å²) in [5, 5.41) is 3.57. The fraction of sp³-hybridized carbons (Fsp3) is 0.571. The van der Waals surface area contributed by atoms with Gasteiger partial charge < -0.3 is 14.8 Å². The van der Waals surface area contributed by atoms with Crippen LogP contribution in [0, 0.1) is 0 Å². The van der Waals surface area contributed by atoms with E-state index in [1.54, 1.807) is 7.11 Å². The smallest absolute Gasteiger partial charge is 0.122 e. The first-order chi connectivity index (χ1) is 8.33. The fourth-order valence-corrected chi connectivity index (χ4v) is 2.22. The molecule has 3 nitrogen and oxygen atoms in total. The molecule has 0 spiro atoms. The van der Waals surface area contributed by atoms with Gasteiger partial charge in [0.25, 0.3) is 0 Å². The second-order valence-corrected chi connectivity index (χ2v) is 4.41. The molecule has 0 amide bonds. The van der Waals surface area contributed by atoms with E-state index in [0.29, 0.717) is 6.04 Å². The molecule has 1 N–H and O–H groups in total. The molecule has 1 aliphatic heterocycles. The highest BCUT2D eigenvalue weighted by molar-refractivity contribution is 5.51. The average Bonchev–Trinajstić information content (AvgIpc) is 2.40. The van der Waals surface area contributed by atoms with Crippen molar-refractivity contribution < 1.29 is 9.47 Å². The van der Waals surface area contributed by atoms with E-state index >= 15 is 0 Å². The predicted molar refractivity (Wildman–Crippen MR) is 69.8 cm³/mol. The van der Waals surface area contributed by atoms with Crippen molar-refractivity contribution in [3.63, 3.8) is 0 Å². The molecule has 17 heavy (non-hydrogen) atoms. The summed E-state index contributed by atoms with van der Waals surface area (Å²) in [5.41, 5.74) is 2.44. The van der Waals surface area contributed by atoms with Crippen molar-refractivity contribution in [3.8, 4) is 5.75 Å². The summed E-state index contributed by atoms with van der Waals surface area (Å²) in [6.45, 7) is 3.89. The van der Waals surface area contributed by atoms with Gasteiger partial charge in [-0.25, -0.2) is 0 Å². The topological polar surface area (TPSA) is 30.5 Å². The van der Waals surface area contributed by atoms with Gasteiger partial charge in [-0.2, -0.15) is 0 Å². The molecule has 0 aliphatic carbocycles. The molecule has 1 aliphatic rings. The zero-order chi connectivity index (χ0) is 12.1. The number of anilines is 1. The van der Waals surface area contributed by atoms with Crippen molar-refractivity contribution in [2.75, 3.05) is 25.6 Å². The van der Waals surface area contributed by atoms with Gasteiger partial charge in [0.15, 0.2) is 0 Å². The maximum Gasteiger partial charge on any atom is 0.122 e. The van der Waals surface area contributed by atoms with Gasteiger partial charge in [0.1, 0.15) is 5.75 Å². The van der Waals surface area contributed by atoms with Gasteiger partial charge >= 0.3 is 0 Å². The Balaban J connectivity index is 2.05. The van der Waals surface area contributed by atoms with E-state index in [-0.39, 0.29) is 0 Å². The number of benzene rings is 1. The van der Waals surface area contributed by atoms with Gasteiger partial charge in [0, 0.05) is 24.9 Å². The largest absolute Gasteiger partial charge is 0.496 e. The fourth-order valence-electron chi connectivity index (χ4n) is 2.22. The molecule has 0 radical (unpaired) electrons. The highest BCUT2D eigenvalue weighted by atomic mass is 16.5. The highest BCUT2D eigenvalue weighted by Crippen LogP contribution is 2.24. The Morgan fingerprint density at radius 3 is 2.76 bits per heavy atom. The molecule has 1 aromatic rings. The van der Waals surface area contributed by atoms with Crippen LogP contribution in [0.25, 0.3) is 0 Å². The SMILES string of the molecule is CCc1cc(NC2CCOCC2)ccc1OC. The minimum Gasteiger partial charge on any atom is -0.496 e. The molecule has 2 rings (SSSR count). The highest BCUT2D eigenvalue weighted by Gasteiger charge is 2.13. The normalized spacial score (nSPS) is 16.8. The van der Waals surface area contributed by atoms with E-state index in [4.69, 9.17) is 9.47 Å². The first kappa shape index (κ1) is 12.2. The van der Waals surface area contributed by atoms with Crippen LogP contribution in [0.2, 0.25) is 0 Å². The molecule has 0 unspecified atom stereocenters. The molecular formula is C14H21NO2. The van der Waals surface area contributed by atoms with Crippen molar-refractivity contribution >= 4 is 5.69 Å². The van der Waals surface area contributed by atoms with Gasteiger partial charge in [-0.1, -0.05) is 6.92 Å². The van der Waals surface area contributed by atoms with Crippen LogP contribution in [0.4, 0.5) is 5.69 Å². The number of aryl methyl sites for hydroxylation is 1. The zero-order valence-corrected chi connectivity index (χ0v) is 10.7. The van der Waals surface area contributed by atoms with Crippen molar-refractivity contribution in [2.24, 2.45) is 0 Å². The van der Waals surface area contributed by atoms with Crippen LogP contribution in [-0.2, 0) is 11.2 Å². The van der Waals surface area contributed by atoms with Crippen molar-refractivity contribution in [1.82, 2.24) is 0 Å². The lowest BCUT2D eigenvalue weighted by Crippen LogP contribution is -2.27. The molecular weight excluding hydrogens is 214 g/mol. The van der Waals surface area contributed by atoms with Gasteiger partial charge in [0.05, 0.1) is 7.11 Å². The first-order valence-electron chi connectivity index (χ1n) is 6.34. The lowest BCUT2D eigenvalue weighted by atomic mass is 10.1. The van der Waals surface area contributed by atoms with Crippen LogP contribution in [-0.4, -0.2) is 26.4 Å². The quantitative estimate of drug-likeness (QED) is 0.870. The zero-order valence-electron chi connectivity index (χ0n) is 10.7. The summed E-state index contributed by atoms with van der Waals surface area (Å²) in [6, 6.07) is 6.87. The first-order valence-corrected chi connectivity index (χ1v) is 6.34. The van der Waals surface area contributed by atoms with Gasteiger partial charge in [-0.15, -0.1) is 0 Å². The van der Waals surface area contributed by atoms with Crippen LogP contribution in [0.3, 0.4) is 0 Å². The van der Waals surface area contributed by atoms with E-state index in [1.807, 2.05) is 6.07 Å². The van der Waals surface area contributed by atoms with Crippen LogP contribution < -0.4 is 10.1 Å². The summed E-state index contributed by atoms with van der Waals surface area (Å²) < 4.78 is 10.7. The molecule has 1 saturated heterocycles. The lowest BCUT2D eigenvalue weighted by molar-refractivity contribution is 0.0904. The molecule has 3 heteroatoms. The third-order valence-electron chi connectivity index (χ3n) is 3.25. The Kier molecular flexibility index (Phi) is 4.26. The number of hydrogen-bond donors (Lipinski definition) is 1. The van der Waals surface area contributed by atoms with Crippen molar-refractivity contribution in [3.05, 3.63) is 23.8 Å². The number of rotatable bonds is 4. The molecule has 0 saturated carbocycles. The molecule has 0 bridgehead atoms. The van der Waals surface area contributed by atoms with Crippen LogP contribution in [0.15, 0.2) is 18.2 Å². The van der Waals surface area contributed by atoms with Gasteiger partial charge in [-0.3, -0.25) is 0 Å². The summed E-state index contributed by atoms with van der Waals surface area (Å²) in [5.74, 6) is 0.977. The van der Waals surface area contributed by atoms with E-state index in [2.05, 4.69) is 24.4 Å². The molecule has 1 fully saturated rings. The average molecular weight is 235 g/mol. The third-order valence-corrected chi connectivity index (χ3v) is 3.25. The van der Waals surface area contributed by atoms with E-state index in [1.165, 1.54) is 11.3 Å². The van der Waals surface area contributed by atoms with Gasteiger partial charge in [-0.05, 0) is 43.0 Å². The second-order valence-electron chi connectivity index (χ2n) is 4.41. The minimum atomic E-state index is 0.543. The third kappa shape index (κ3) is 3.13. The Morgan fingerprint density at radius 1 is 1.35 bits per heavy atom. The summed E-state index contributed by atoms with van der Waals surface area (Å²) in [7, 11) is 1.72. The Morgan fingerprint density at radius 2 is 2.12 bits per heavy atom. The van der Waals surface area contributed by atoms with E-state index in [0.717, 1.165) is 38.2 Å². The number of ether oxygens (including phenoxy) is 2. The molecule has 0 aromatic heterocycles. The maximum absolute atomic E-state index is 5.36. The van der Waals surface area contributed by atoms with E-state index in [9.17, 15) is 0 Å². The standard InChI is InChI=1S/C14H21NO2/c1-3-11-10-13(4-5-14(11)16-2)15-12-6-8-17-9-7-12/h4-5,10,12,15H,3,6-9H2,1-2H3. The monoisotopic (exact) mass is 235 g/mol. The Labute approximate surface area is 103 Å². The van der Waals surface area contributed by atoms with Crippen LogP contribution in [0.5, 0.6) is 5.75 Å². The Hall–Kier alpha value is -1.22. The number of nitrogens with one attached hydrogen (secondary N) is 1. The molecule has 94 valence electrons. The summed E-state index contributed by atoms with van der Waals surface area (Å²) in [6.07, 6.45) is 3.17. The maximum atomic E-state index is 5.36. The molecule has 0 atom stereocenters. The predicted octanol–water partition coefficient (Wildman–Crippen LogP) is 2.85. The molecule has 1 heterocycles. The number of hydrogen-bond acceptors (Lipinski definition) is 3. The van der Waals surface area contributed by atoms with E-state index < -0.39 is 0 Å². The minimum absolute atomic E-state index is 0.543. The van der Waals surface area contributed by atoms with Crippen molar-refractivity contribution in [1.29, 1.82) is 0 Å². The van der Waals surface area contributed by atoms with Crippen molar-refractivity contribution in [2.45, 2.75) is 32.2 Å². The summed E-state index contributed by atoms with van der Waals surface area (Å²) in [4.78, 5) is 0. The van der Waals surface area contributed by atoms with Gasteiger partial charge in [0.2, 0.25) is 0 Å². The summed E-state index contributed by atoms with van der Waals surface area (Å²) >= 11 is 0. The van der Waals surface area contributed by atoms with Crippen LogP contribution in [0.1, 0.15) is 25.3 Å². The number of methoxy groups -OCH3 is 1.